The SMILES string of the molecule is NNC(=O)c1nc(COCc2cccs2)cs1. The second-order valence-corrected chi connectivity index (χ2v) is 5.08. The highest BCUT2D eigenvalue weighted by molar-refractivity contribution is 7.11. The number of thiophene rings is 1. The minimum absolute atomic E-state index is 0.349. The first kappa shape index (κ1) is 12.2. The van der Waals surface area contributed by atoms with Crippen molar-refractivity contribution in [2.75, 3.05) is 0 Å². The van der Waals surface area contributed by atoms with E-state index in [0.29, 0.717) is 18.2 Å². The predicted octanol–water partition coefficient (Wildman–Crippen LogP) is 1.52. The summed E-state index contributed by atoms with van der Waals surface area (Å²) >= 11 is 2.90. The Kier molecular flexibility index (Phi) is 4.21. The highest BCUT2D eigenvalue weighted by Crippen LogP contribution is 2.13. The van der Waals surface area contributed by atoms with Gasteiger partial charge in [-0.15, -0.1) is 22.7 Å². The first-order valence-corrected chi connectivity index (χ1v) is 6.61. The lowest BCUT2D eigenvalue weighted by Gasteiger charge is -1.99. The van der Waals surface area contributed by atoms with Gasteiger partial charge in [-0.3, -0.25) is 10.2 Å². The van der Waals surface area contributed by atoms with Crippen molar-refractivity contribution in [3.63, 3.8) is 0 Å². The zero-order chi connectivity index (χ0) is 12.1. The second-order valence-electron chi connectivity index (χ2n) is 3.19. The molecule has 0 unspecified atom stereocenters. The molecule has 0 aliphatic carbocycles. The van der Waals surface area contributed by atoms with Crippen molar-refractivity contribution in [2.45, 2.75) is 13.2 Å². The van der Waals surface area contributed by atoms with E-state index in [9.17, 15) is 4.79 Å². The lowest BCUT2D eigenvalue weighted by molar-refractivity contribution is 0.0949. The van der Waals surface area contributed by atoms with Crippen LogP contribution in [-0.4, -0.2) is 10.9 Å². The molecule has 0 saturated heterocycles. The molecule has 0 bridgehead atoms. The van der Waals surface area contributed by atoms with E-state index in [0.717, 1.165) is 5.69 Å². The molecular weight excluding hydrogens is 258 g/mol. The Labute approximate surface area is 106 Å². The van der Waals surface area contributed by atoms with E-state index in [1.807, 2.05) is 22.9 Å². The van der Waals surface area contributed by atoms with Crippen LogP contribution in [0.5, 0.6) is 0 Å². The summed E-state index contributed by atoms with van der Waals surface area (Å²) in [5.41, 5.74) is 2.78. The van der Waals surface area contributed by atoms with Crippen LogP contribution in [0, 0.1) is 0 Å². The molecule has 2 aromatic heterocycles. The number of carbonyl (C=O) groups is 1. The Bertz CT molecular complexity index is 481. The number of hydrazine groups is 1. The maximum absolute atomic E-state index is 11.2. The standard InChI is InChI=1S/C10H11N3O2S2/c11-13-9(14)10-12-7(6-17-10)4-15-5-8-2-1-3-16-8/h1-3,6H,4-5,11H2,(H,13,14). The average molecular weight is 269 g/mol. The van der Waals surface area contributed by atoms with Gasteiger partial charge in [0.25, 0.3) is 5.91 Å². The Hall–Kier alpha value is -1.28. The van der Waals surface area contributed by atoms with Crippen LogP contribution in [0.4, 0.5) is 0 Å². The van der Waals surface area contributed by atoms with Crippen molar-refractivity contribution in [2.24, 2.45) is 5.84 Å². The number of aromatic nitrogens is 1. The summed E-state index contributed by atoms with van der Waals surface area (Å²) in [6, 6.07) is 3.99. The van der Waals surface area contributed by atoms with Crippen molar-refractivity contribution >= 4 is 28.6 Å². The highest BCUT2D eigenvalue weighted by atomic mass is 32.1. The van der Waals surface area contributed by atoms with Gasteiger partial charge in [-0.1, -0.05) is 6.07 Å². The van der Waals surface area contributed by atoms with Crippen LogP contribution in [0.15, 0.2) is 22.9 Å². The Morgan fingerprint density at radius 1 is 1.47 bits per heavy atom. The molecule has 2 rings (SSSR count). The summed E-state index contributed by atoms with van der Waals surface area (Å²) in [6.45, 7) is 0.958. The van der Waals surface area contributed by atoms with Crippen LogP contribution in [0.2, 0.25) is 0 Å². The molecule has 90 valence electrons. The summed E-state index contributed by atoms with van der Waals surface area (Å²) in [4.78, 5) is 16.4. The fourth-order valence-corrected chi connectivity index (χ4v) is 2.53. The highest BCUT2D eigenvalue weighted by Gasteiger charge is 2.09. The maximum Gasteiger partial charge on any atom is 0.294 e. The molecule has 2 aromatic rings. The fourth-order valence-electron chi connectivity index (χ4n) is 1.19. The van der Waals surface area contributed by atoms with Crippen LogP contribution in [0.3, 0.4) is 0 Å². The fraction of sp³-hybridized carbons (Fsp3) is 0.200. The van der Waals surface area contributed by atoms with Gasteiger partial charge in [0.1, 0.15) is 0 Å². The minimum atomic E-state index is -0.375. The molecule has 0 aromatic carbocycles. The van der Waals surface area contributed by atoms with Crippen molar-refractivity contribution in [3.05, 3.63) is 38.5 Å². The molecule has 0 saturated carbocycles. The molecule has 1 amide bonds. The Balaban J connectivity index is 1.83. The van der Waals surface area contributed by atoms with Crippen LogP contribution in [-0.2, 0) is 18.0 Å². The van der Waals surface area contributed by atoms with Gasteiger partial charge in [0.05, 0.1) is 18.9 Å². The molecule has 5 nitrogen and oxygen atoms in total. The first-order valence-electron chi connectivity index (χ1n) is 4.85. The van der Waals surface area contributed by atoms with Crippen molar-refractivity contribution in [1.29, 1.82) is 0 Å². The molecule has 17 heavy (non-hydrogen) atoms. The lowest BCUT2D eigenvalue weighted by atomic mass is 10.5. The van der Waals surface area contributed by atoms with E-state index in [-0.39, 0.29) is 5.91 Å². The van der Waals surface area contributed by atoms with Crippen molar-refractivity contribution < 1.29 is 9.53 Å². The molecule has 3 N–H and O–H groups in total. The number of hydrogen-bond acceptors (Lipinski definition) is 6. The smallest absolute Gasteiger partial charge is 0.294 e. The summed E-state index contributed by atoms with van der Waals surface area (Å²) in [7, 11) is 0. The van der Waals surface area contributed by atoms with Crippen molar-refractivity contribution in [3.8, 4) is 0 Å². The Morgan fingerprint density at radius 2 is 2.35 bits per heavy atom. The summed E-state index contributed by atoms with van der Waals surface area (Å²) < 4.78 is 5.48. The number of nitrogens with zero attached hydrogens (tertiary/aromatic N) is 1. The van der Waals surface area contributed by atoms with E-state index < -0.39 is 0 Å². The zero-order valence-corrected chi connectivity index (χ0v) is 10.5. The van der Waals surface area contributed by atoms with E-state index in [4.69, 9.17) is 10.6 Å². The maximum atomic E-state index is 11.2. The molecule has 0 aliphatic heterocycles. The van der Waals surface area contributed by atoms with Crippen molar-refractivity contribution in [1.82, 2.24) is 10.4 Å². The minimum Gasteiger partial charge on any atom is -0.370 e. The van der Waals surface area contributed by atoms with Gasteiger partial charge < -0.3 is 4.74 Å². The van der Waals surface area contributed by atoms with Crippen LogP contribution < -0.4 is 11.3 Å². The molecule has 0 aliphatic rings. The molecule has 2 heterocycles. The van der Waals surface area contributed by atoms with Gasteiger partial charge in [0.2, 0.25) is 0 Å². The second kappa shape index (κ2) is 5.87. The molecule has 0 atom stereocenters. The van der Waals surface area contributed by atoms with Gasteiger partial charge in [-0.05, 0) is 11.4 Å². The van der Waals surface area contributed by atoms with Gasteiger partial charge in [-0.2, -0.15) is 0 Å². The third kappa shape index (κ3) is 3.34. The van der Waals surface area contributed by atoms with Gasteiger partial charge >= 0.3 is 0 Å². The quantitative estimate of drug-likeness (QED) is 0.490. The molecule has 0 fully saturated rings. The largest absolute Gasteiger partial charge is 0.370 e. The normalized spacial score (nSPS) is 10.4. The van der Waals surface area contributed by atoms with Crippen LogP contribution in [0.25, 0.3) is 0 Å². The number of nitrogens with two attached hydrogens (primary N) is 1. The number of rotatable bonds is 5. The number of amides is 1. The number of hydrogen-bond donors (Lipinski definition) is 2. The first-order chi connectivity index (χ1) is 8.29. The predicted molar refractivity (Wildman–Crippen MR) is 66.6 cm³/mol. The zero-order valence-electron chi connectivity index (χ0n) is 8.88. The third-order valence-electron chi connectivity index (χ3n) is 1.95. The van der Waals surface area contributed by atoms with Gasteiger partial charge in [-0.25, -0.2) is 10.8 Å². The van der Waals surface area contributed by atoms with Crippen LogP contribution >= 0.6 is 22.7 Å². The third-order valence-corrected chi connectivity index (χ3v) is 3.69. The topological polar surface area (TPSA) is 77.2 Å². The monoisotopic (exact) mass is 269 g/mol. The molecular formula is C10H11N3O2S2. The molecule has 0 radical (unpaired) electrons. The molecule has 7 heteroatoms. The van der Waals surface area contributed by atoms with E-state index in [1.54, 1.807) is 16.7 Å². The number of ether oxygens (including phenoxy) is 1. The number of carbonyl (C=O) groups excluding carboxylic acids is 1. The van der Waals surface area contributed by atoms with E-state index in [1.165, 1.54) is 16.2 Å². The van der Waals surface area contributed by atoms with Crippen LogP contribution in [0.1, 0.15) is 20.4 Å². The van der Waals surface area contributed by atoms with E-state index in [2.05, 4.69) is 4.98 Å². The summed E-state index contributed by atoms with van der Waals surface area (Å²) in [5, 5.41) is 4.15. The number of nitrogens with one attached hydrogen (secondary N) is 1. The van der Waals surface area contributed by atoms with Gasteiger partial charge in [0, 0.05) is 10.3 Å². The number of nitrogen functional groups attached to an aromatic ring is 1. The molecule has 0 spiro atoms. The van der Waals surface area contributed by atoms with Gasteiger partial charge in [0.15, 0.2) is 5.01 Å². The Morgan fingerprint density at radius 3 is 3.06 bits per heavy atom. The summed E-state index contributed by atoms with van der Waals surface area (Å²) in [5.74, 6) is 4.64. The number of thiazole rings is 1. The summed E-state index contributed by atoms with van der Waals surface area (Å²) in [6.07, 6.45) is 0. The van der Waals surface area contributed by atoms with E-state index >= 15 is 0 Å². The average Bonchev–Trinajstić information content (AvgIpc) is 2.99. The lowest BCUT2D eigenvalue weighted by Crippen LogP contribution is -2.29.